The molecular weight excluding hydrogens is 430 g/mol. The molecule has 1 aromatic heterocycles. The van der Waals surface area contributed by atoms with Gasteiger partial charge >= 0.3 is 6.09 Å². The van der Waals surface area contributed by atoms with Gasteiger partial charge in [-0.05, 0) is 30.6 Å². The molecule has 0 spiro atoms. The van der Waals surface area contributed by atoms with Gasteiger partial charge in [-0.25, -0.2) is 9.78 Å². The van der Waals surface area contributed by atoms with Gasteiger partial charge in [-0.15, -0.1) is 11.3 Å². The van der Waals surface area contributed by atoms with Crippen molar-refractivity contribution in [2.24, 2.45) is 17.3 Å². The van der Waals surface area contributed by atoms with Crippen LogP contribution < -0.4 is 10.6 Å². The van der Waals surface area contributed by atoms with Crippen molar-refractivity contribution in [3.8, 4) is 0 Å². The molecule has 1 aromatic rings. The van der Waals surface area contributed by atoms with Crippen LogP contribution in [0, 0.1) is 17.3 Å². The second kappa shape index (κ2) is 11.5. The highest BCUT2D eigenvalue weighted by Gasteiger charge is 2.32. The number of aromatic nitrogens is 1. The van der Waals surface area contributed by atoms with Gasteiger partial charge in [0.05, 0.1) is 23.4 Å². The number of carbonyl (C=O) groups excluding carboxylic acids is 4. The van der Waals surface area contributed by atoms with Gasteiger partial charge in [0.1, 0.15) is 0 Å². The maximum Gasteiger partial charge on any atom is 0.407 e. The minimum Gasteiger partial charge on any atom is -0.449 e. The molecule has 2 rings (SSSR count). The monoisotopic (exact) mass is 465 g/mol. The van der Waals surface area contributed by atoms with Gasteiger partial charge in [-0.2, -0.15) is 0 Å². The lowest BCUT2D eigenvalue weighted by Crippen LogP contribution is -2.46. The van der Waals surface area contributed by atoms with Crippen LogP contribution in [0.4, 0.5) is 4.79 Å². The van der Waals surface area contributed by atoms with Gasteiger partial charge in [0.2, 0.25) is 5.78 Å². The molecule has 0 aromatic carbocycles. The van der Waals surface area contributed by atoms with E-state index in [0.717, 1.165) is 10.7 Å². The number of thiazole rings is 1. The van der Waals surface area contributed by atoms with Crippen LogP contribution in [-0.4, -0.2) is 47.7 Å². The number of hydrogen-bond donors (Lipinski definition) is 2. The number of Topliss-reactive ketones (excluding diaryl/α,β-unsaturated/α-hetero) is 2. The molecule has 0 aliphatic carbocycles. The quantitative estimate of drug-likeness (QED) is 0.624. The van der Waals surface area contributed by atoms with Crippen molar-refractivity contribution in [3.63, 3.8) is 0 Å². The van der Waals surface area contributed by atoms with Crippen LogP contribution in [0.2, 0.25) is 0 Å². The van der Waals surface area contributed by atoms with Crippen molar-refractivity contribution >= 4 is 34.9 Å². The average Bonchev–Trinajstić information content (AvgIpc) is 3.15. The highest BCUT2D eigenvalue weighted by atomic mass is 32.1. The number of fused-ring (bicyclic) bond motifs is 2. The predicted molar refractivity (Wildman–Crippen MR) is 122 cm³/mol. The number of alkyl carbamates (subject to hydrolysis) is 1. The van der Waals surface area contributed by atoms with E-state index in [1.165, 1.54) is 0 Å². The van der Waals surface area contributed by atoms with E-state index in [-0.39, 0.29) is 30.1 Å². The van der Waals surface area contributed by atoms with Crippen molar-refractivity contribution in [1.82, 2.24) is 15.6 Å². The van der Waals surface area contributed by atoms with E-state index in [1.54, 1.807) is 11.3 Å². The van der Waals surface area contributed by atoms with Crippen molar-refractivity contribution in [2.75, 3.05) is 13.2 Å². The van der Waals surface area contributed by atoms with Crippen LogP contribution in [0.15, 0.2) is 5.38 Å². The van der Waals surface area contributed by atoms with E-state index in [4.69, 9.17) is 4.74 Å². The number of aryl methyl sites for hydroxylation is 1. The lowest BCUT2D eigenvalue weighted by molar-refractivity contribution is -0.141. The average molecular weight is 466 g/mol. The molecule has 2 heterocycles. The molecular formula is C23H35N3O5S. The normalized spacial score (nSPS) is 18.9. The first-order valence-electron chi connectivity index (χ1n) is 11.2. The summed E-state index contributed by atoms with van der Waals surface area (Å²) in [5.74, 6) is -2.43. The summed E-state index contributed by atoms with van der Waals surface area (Å²) in [6, 6.07) is -0.791. The molecule has 0 saturated carbocycles. The maximum atomic E-state index is 13.1. The van der Waals surface area contributed by atoms with Gasteiger partial charge < -0.3 is 15.4 Å². The highest BCUT2D eigenvalue weighted by molar-refractivity contribution is 7.09. The topological polar surface area (TPSA) is 114 Å². The summed E-state index contributed by atoms with van der Waals surface area (Å²) in [7, 11) is 0. The Kier molecular flexibility index (Phi) is 9.36. The Balaban J connectivity index is 2.05. The predicted octanol–water partition coefficient (Wildman–Crippen LogP) is 3.08. The zero-order chi connectivity index (χ0) is 23.9. The van der Waals surface area contributed by atoms with Gasteiger partial charge in [-0.1, -0.05) is 34.6 Å². The summed E-state index contributed by atoms with van der Waals surface area (Å²) in [5, 5.41) is 8.25. The summed E-state index contributed by atoms with van der Waals surface area (Å²) in [5.41, 5.74) is 0.717. The molecule has 178 valence electrons. The Morgan fingerprint density at radius 3 is 2.66 bits per heavy atom. The fourth-order valence-electron chi connectivity index (χ4n) is 3.42. The summed E-state index contributed by atoms with van der Waals surface area (Å²) in [6.07, 6.45) is 1.57. The molecule has 1 aliphatic rings. The molecule has 0 saturated heterocycles. The van der Waals surface area contributed by atoms with Crippen LogP contribution >= 0.6 is 11.3 Å². The van der Waals surface area contributed by atoms with Crippen molar-refractivity contribution < 1.29 is 23.9 Å². The van der Waals surface area contributed by atoms with Gasteiger partial charge in [0.15, 0.2) is 5.78 Å². The first-order chi connectivity index (χ1) is 15.0. The zero-order valence-corrected chi connectivity index (χ0v) is 20.5. The van der Waals surface area contributed by atoms with Crippen molar-refractivity contribution in [3.05, 3.63) is 16.1 Å². The van der Waals surface area contributed by atoms with Gasteiger partial charge in [-0.3, -0.25) is 14.4 Å². The molecule has 2 atom stereocenters. The Morgan fingerprint density at radius 1 is 1.28 bits per heavy atom. The number of rotatable bonds is 6. The molecule has 1 aliphatic heterocycles. The number of amides is 2. The lowest BCUT2D eigenvalue weighted by Gasteiger charge is -2.24. The number of hydrogen-bond acceptors (Lipinski definition) is 7. The number of carbonyl (C=O) groups is 4. The summed E-state index contributed by atoms with van der Waals surface area (Å²) in [6.45, 7) is 10.0. The van der Waals surface area contributed by atoms with Crippen molar-refractivity contribution in [2.45, 2.75) is 72.8 Å². The van der Waals surface area contributed by atoms with E-state index >= 15 is 0 Å². The Bertz CT molecular complexity index is 828. The third-order valence-electron chi connectivity index (χ3n) is 5.17. The lowest BCUT2D eigenvalue weighted by atomic mass is 9.87. The maximum absolute atomic E-state index is 13.1. The minimum atomic E-state index is -0.791. The van der Waals surface area contributed by atoms with Crippen molar-refractivity contribution in [1.29, 1.82) is 0 Å². The summed E-state index contributed by atoms with van der Waals surface area (Å²) >= 11 is 1.57. The van der Waals surface area contributed by atoms with E-state index < -0.39 is 29.7 Å². The third kappa shape index (κ3) is 8.33. The number of ether oxygens (including phenoxy) is 1. The molecule has 0 fully saturated rings. The largest absolute Gasteiger partial charge is 0.449 e. The number of nitrogens with one attached hydrogen (secondary N) is 2. The highest BCUT2D eigenvalue weighted by Crippen LogP contribution is 2.21. The number of nitrogens with zero attached hydrogens (tertiary/aromatic N) is 1. The molecule has 32 heavy (non-hydrogen) atoms. The molecule has 2 N–H and O–H groups in total. The van der Waals surface area contributed by atoms with E-state index in [9.17, 15) is 19.2 Å². The van der Waals surface area contributed by atoms with E-state index in [1.807, 2.05) is 40.0 Å². The second-order valence-corrected chi connectivity index (χ2v) is 10.8. The van der Waals surface area contributed by atoms with Crippen LogP contribution in [0.25, 0.3) is 0 Å². The Labute approximate surface area is 193 Å². The first kappa shape index (κ1) is 26.0. The van der Waals surface area contributed by atoms with E-state index in [2.05, 4.69) is 15.6 Å². The molecule has 8 nitrogen and oxygen atoms in total. The summed E-state index contributed by atoms with van der Waals surface area (Å²) < 4.78 is 5.23. The molecule has 2 unspecified atom stereocenters. The Morgan fingerprint density at radius 2 is 2.00 bits per heavy atom. The minimum absolute atomic E-state index is 0.0994. The fraction of sp³-hybridized carbons (Fsp3) is 0.696. The summed E-state index contributed by atoms with van der Waals surface area (Å²) in [4.78, 5) is 55.0. The van der Waals surface area contributed by atoms with Gasteiger partial charge in [0, 0.05) is 30.7 Å². The zero-order valence-electron chi connectivity index (χ0n) is 19.7. The van der Waals surface area contributed by atoms with Crippen LogP contribution in [0.3, 0.4) is 0 Å². The smallest absolute Gasteiger partial charge is 0.407 e. The van der Waals surface area contributed by atoms with E-state index in [0.29, 0.717) is 32.2 Å². The van der Waals surface area contributed by atoms with Crippen LogP contribution in [0.5, 0.6) is 0 Å². The second-order valence-electron chi connectivity index (χ2n) is 9.87. The molecule has 9 heteroatoms. The molecule has 2 amide bonds. The first-order valence-corrected chi connectivity index (χ1v) is 12.1. The fourth-order valence-corrected chi connectivity index (χ4v) is 4.29. The SMILES string of the molecule is CC(C)C(NC(=O)OCC(C)(C)C)C(=O)CC1CCCc2nc(cs2)CCNC(=O)C1=O. The molecule has 2 bridgehead atoms. The number of ketones is 2. The standard InChI is InChI=1S/C23H35N3O5S/c1-14(2)19(26-22(30)31-13-23(3,4)5)17(27)11-15-7-6-8-18-25-16(12-32-18)9-10-24-21(29)20(15)28/h12,14-15,19H,6-11,13H2,1-5H3,(H,24,29)(H,26,30). The van der Waals surface area contributed by atoms with Crippen LogP contribution in [0.1, 0.15) is 64.6 Å². The molecule has 0 radical (unpaired) electrons. The van der Waals surface area contributed by atoms with Gasteiger partial charge in [0.25, 0.3) is 5.91 Å². The third-order valence-corrected chi connectivity index (χ3v) is 6.13. The Hall–Kier alpha value is -2.29. The van der Waals surface area contributed by atoms with Crippen LogP contribution in [-0.2, 0) is 32.0 Å².